The van der Waals surface area contributed by atoms with Gasteiger partial charge < -0.3 is 20.3 Å². The Kier molecular flexibility index (Phi) is 7.78. The van der Waals surface area contributed by atoms with E-state index >= 15 is 0 Å². The SMILES string of the molecule is CC(C)(C)OC(=O)N1CCCC(CNCc2ccc(NC=C(C#N)c3nn[nH]n3)cc2)C1. The Labute approximate surface area is 188 Å². The summed E-state index contributed by atoms with van der Waals surface area (Å²) in [6.45, 7) is 8.74. The molecule has 1 aromatic carbocycles. The van der Waals surface area contributed by atoms with E-state index in [0.717, 1.165) is 50.3 Å². The summed E-state index contributed by atoms with van der Waals surface area (Å²) in [7, 11) is 0. The van der Waals surface area contributed by atoms with E-state index in [0.29, 0.717) is 5.92 Å². The van der Waals surface area contributed by atoms with Gasteiger partial charge in [0.1, 0.15) is 17.2 Å². The molecule has 170 valence electrons. The van der Waals surface area contributed by atoms with Crippen molar-refractivity contribution < 1.29 is 9.53 Å². The van der Waals surface area contributed by atoms with Crippen LogP contribution in [-0.4, -0.2) is 56.9 Å². The third-order valence-corrected chi connectivity index (χ3v) is 4.98. The summed E-state index contributed by atoms with van der Waals surface area (Å²) < 4.78 is 5.50. The number of allylic oxidation sites excluding steroid dienone is 1. The van der Waals surface area contributed by atoms with Crippen molar-refractivity contribution in [2.45, 2.75) is 45.8 Å². The lowest BCUT2D eigenvalue weighted by atomic mass is 9.98. The Morgan fingerprint density at radius 1 is 1.38 bits per heavy atom. The zero-order valence-corrected chi connectivity index (χ0v) is 18.8. The number of hydrogen-bond acceptors (Lipinski definition) is 8. The van der Waals surface area contributed by atoms with Gasteiger partial charge in [-0.05, 0) is 69.0 Å². The maximum absolute atomic E-state index is 12.3. The number of amides is 1. The van der Waals surface area contributed by atoms with E-state index in [4.69, 9.17) is 4.74 Å². The molecular formula is C22H30N8O2. The number of anilines is 1. The molecule has 3 rings (SSSR count). The molecule has 3 N–H and O–H groups in total. The Hall–Kier alpha value is -3.45. The number of hydrogen-bond donors (Lipinski definition) is 3. The molecule has 10 nitrogen and oxygen atoms in total. The Morgan fingerprint density at radius 2 is 2.16 bits per heavy atom. The van der Waals surface area contributed by atoms with E-state index in [1.54, 1.807) is 6.20 Å². The number of nitriles is 1. The first-order valence-electron chi connectivity index (χ1n) is 10.7. The summed E-state index contributed by atoms with van der Waals surface area (Å²) in [5, 5.41) is 29.2. The van der Waals surface area contributed by atoms with Crippen LogP contribution in [0.4, 0.5) is 10.5 Å². The third kappa shape index (κ3) is 7.06. The lowest BCUT2D eigenvalue weighted by molar-refractivity contribution is 0.0166. The first-order valence-corrected chi connectivity index (χ1v) is 10.7. The van der Waals surface area contributed by atoms with Gasteiger partial charge in [0.25, 0.3) is 0 Å². The van der Waals surface area contributed by atoms with Crippen molar-refractivity contribution in [1.29, 1.82) is 5.26 Å². The molecule has 0 aliphatic carbocycles. The molecule has 1 aliphatic rings. The number of H-pyrrole nitrogens is 1. The van der Waals surface area contributed by atoms with E-state index in [9.17, 15) is 10.1 Å². The number of likely N-dealkylation sites (tertiary alicyclic amines) is 1. The van der Waals surface area contributed by atoms with Crippen LogP contribution in [0.25, 0.3) is 5.57 Å². The Bertz CT molecular complexity index is 942. The number of ether oxygens (including phenoxy) is 1. The van der Waals surface area contributed by atoms with Gasteiger partial charge in [-0.2, -0.15) is 10.5 Å². The minimum absolute atomic E-state index is 0.224. The smallest absolute Gasteiger partial charge is 0.410 e. The van der Waals surface area contributed by atoms with Crippen LogP contribution in [0.5, 0.6) is 0 Å². The molecule has 32 heavy (non-hydrogen) atoms. The van der Waals surface area contributed by atoms with Gasteiger partial charge in [0.15, 0.2) is 0 Å². The summed E-state index contributed by atoms with van der Waals surface area (Å²) in [6, 6.07) is 9.98. The van der Waals surface area contributed by atoms with Gasteiger partial charge in [-0.25, -0.2) is 4.79 Å². The van der Waals surface area contributed by atoms with Crippen molar-refractivity contribution in [2.24, 2.45) is 5.92 Å². The van der Waals surface area contributed by atoms with Crippen LogP contribution < -0.4 is 10.6 Å². The molecule has 0 saturated carbocycles. The highest BCUT2D eigenvalue weighted by molar-refractivity contribution is 5.74. The highest BCUT2D eigenvalue weighted by atomic mass is 16.6. The van der Waals surface area contributed by atoms with Gasteiger partial charge in [-0.1, -0.05) is 12.1 Å². The van der Waals surface area contributed by atoms with Gasteiger partial charge >= 0.3 is 6.09 Å². The summed E-state index contributed by atoms with van der Waals surface area (Å²) in [5.74, 6) is 0.658. The fourth-order valence-corrected chi connectivity index (χ4v) is 3.44. The number of carbonyl (C=O) groups excluding carboxylic acids is 1. The molecule has 2 heterocycles. The monoisotopic (exact) mass is 438 g/mol. The number of aromatic amines is 1. The molecule has 2 aromatic rings. The van der Waals surface area contributed by atoms with Crippen LogP contribution in [-0.2, 0) is 11.3 Å². The van der Waals surface area contributed by atoms with E-state index in [1.807, 2.05) is 56.0 Å². The normalized spacial score (nSPS) is 17.0. The van der Waals surface area contributed by atoms with Crippen LogP contribution in [0.3, 0.4) is 0 Å². The summed E-state index contributed by atoms with van der Waals surface area (Å²) >= 11 is 0. The van der Waals surface area contributed by atoms with Crippen molar-refractivity contribution in [3.8, 4) is 6.07 Å². The van der Waals surface area contributed by atoms with Crippen LogP contribution in [0.2, 0.25) is 0 Å². The molecule has 10 heteroatoms. The average Bonchev–Trinajstić information content (AvgIpc) is 3.29. The third-order valence-electron chi connectivity index (χ3n) is 4.98. The highest BCUT2D eigenvalue weighted by Crippen LogP contribution is 2.19. The minimum atomic E-state index is -0.470. The fraction of sp³-hybridized carbons (Fsp3) is 0.500. The van der Waals surface area contributed by atoms with Crippen LogP contribution in [0, 0.1) is 17.2 Å². The zero-order chi connectivity index (χ0) is 23.0. The second kappa shape index (κ2) is 10.7. The second-order valence-corrected chi connectivity index (χ2v) is 8.81. The van der Waals surface area contributed by atoms with Gasteiger partial charge in [0.2, 0.25) is 5.82 Å². The number of tetrazole rings is 1. The first kappa shape index (κ1) is 23.2. The molecule has 1 unspecified atom stereocenters. The van der Waals surface area contributed by atoms with E-state index in [2.05, 4.69) is 31.3 Å². The predicted octanol–water partition coefficient (Wildman–Crippen LogP) is 2.91. The standard InChI is InChI=1S/C22H30N8O2/c1-22(2,3)32-21(31)30-10-4-5-17(15-30)13-24-12-16-6-8-19(9-7-16)25-14-18(11-23)20-26-28-29-27-20/h6-9,14,17,24-25H,4-5,10,12-13,15H2,1-3H3,(H,26,27,28,29). The number of aromatic nitrogens is 4. The molecule has 1 atom stereocenters. The van der Waals surface area contributed by atoms with E-state index < -0.39 is 5.60 Å². The Balaban J connectivity index is 1.43. The van der Waals surface area contributed by atoms with Crippen LogP contribution >= 0.6 is 0 Å². The molecule has 0 spiro atoms. The molecular weight excluding hydrogens is 408 g/mol. The Morgan fingerprint density at radius 3 is 2.81 bits per heavy atom. The molecule has 1 saturated heterocycles. The van der Waals surface area contributed by atoms with Gasteiger partial charge in [-0.15, -0.1) is 10.2 Å². The summed E-state index contributed by atoms with van der Waals surface area (Å²) in [4.78, 5) is 14.1. The number of carbonyl (C=O) groups is 1. The molecule has 1 amide bonds. The second-order valence-electron chi connectivity index (χ2n) is 8.81. The average molecular weight is 439 g/mol. The first-order chi connectivity index (χ1) is 15.3. The zero-order valence-electron chi connectivity index (χ0n) is 18.8. The van der Waals surface area contributed by atoms with Crippen molar-refractivity contribution in [1.82, 2.24) is 30.8 Å². The summed E-state index contributed by atoms with van der Waals surface area (Å²) in [6.07, 6.45) is 3.42. The quantitative estimate of drug-likeness (QED) is 0.562. The van der Waals surface area contributed by atoms with E-state index in [-0.39, 0.29) is 17.5 Å². The number of nitrogens with zero attached hydrogens (tertiary/aromatic N) is 5. The van der Waals surface area contributed by atoms with Crippen LogP contribution in [0.15, 0.2) is 30.5 Å². The number of benzene rings is 1. The number of rotatable bonds is 7. The van der Waals surface area contributed by atoms with Gasteiger partial charge in [0, 0.05) is 31.5 Å². The molecule has 0 radical (unpaired) electrons. The maximum atomic E-state index is 12.3. The lowest BCUT2D eigenvalue weighted by Crippen LogP contribution is -2.44. The number of nitrogens with one attached hydrogen (secondary N) is 3. The van der Waals surface area contributed by atoms with Gasteiger partial charge in [0.05, 0.1) is 0 Å². The fourth-order valence-electron chi connectivity index (χ4n) is 3.44. The molecule has 1 fully saturated rings. The van der Waals surface area contributed by atoms with Gasteiger partial charge in [-0.3, -0.25) is 0 Å². The minimum Gasteiger partial charge on any atom is -0.444 e. The largest absolute Gasteiger partial charge is 0.444 e. The molecule has 0 bridgehead atoms. The van der Waals surface area contributed by atoms with E-state index in [1.165, 1.54) is 0 Å². The lowest BCUT2D eigenvalue weighted by Gasteiger charge is -2.34. The maximum Gasteiger partial charge on any atom is 0.410 e. The van der Waals surface area contributed by atoms with Crippen molar-refractivity contribution in [2.75, 3.05) is 25.0 Å². The van der Waals surface area contributed by atoms with Crippen molar-refractivity contribution in [3.05, 3.63) is 41.9 Å². The topological polar surface area (TPSA) is 132 Å². The molecule has 1 aliphatic heterocycles. The summed E-state index contributed by atoms with van der Waals surface area (Å²) in [5.41, 5.74) is 1.82. The van der Waals surface area contributed by atoms with Crippen LogP contribution in [0.1, 0.15) is 45.0 Å². The number of piperidine rings is 1. The predicted molar refractivity (Wildman–Crippen MR) is 120 cm³/mol. The highest BCUT2D eigenvalue weighted by Gasteiger charge is 2.27. The van der Waals surface area contributed by atoms with Crippen molar-refractivity contribution >= 4 is 17.4 Å². The molecule has 1 aromatic heterocycles. The van der Waals surface area contributed by atoms with Crippen molar-refractivity contribution in [3.63, 3.8) is 0 Å².